The number of rotatable bonds is 1. The number of likely N-dealkylation sites (tertiary alicyclic amines) is 2. The lowest BCUT2D eigenvalue weighted by Crippen LogP contribution is -2.26. The Morgan fingerprint density at radius 2 is 1.72 bits per heavy atom. The maximum atomic E-state index is 12.1. The van der Waals surface area contributed by atoms with Gasteiger partial charge in [-0.2, -0.15) is 0 Å². The lowest BCUT2D eigenvalue weighted by molar-refractivity contribution is -0.121. The number of carbonyl (C=O) groups is 1. The lowest BCUT2D eigenvalue weighted by Gasteiger charge is -2.17. The van der Waals surface area contributed by atoms with Gasteiger partial charge in [0.15, 0.2) is 0 Å². The van der Waals surface area contributed by atoms with E-state index in [1.165, 1.54) is 25.0 Å². The molecule has 0 saturated carbocycles. The van der Waals surface area contributed by atoms with E-state index >= 15 is 0 Å². The molecule has 0 N–H and O–H groups in total. The summed E-state index contributed by atoms with van der Waals surface area (Å²) in [6, 6.07) is 0. The largest absolute Gasteiger partial charge is 0.306 e. The molecule has 102 valence electrons. The van der Waals surface area contributed by atoms with Crippen molar-refractivity contribution in [1.29, 1.82) is 0 Å². The van der Waals surface area contributed by atoms with Gasteiger partial charge < -0.3 is 9.80 Å². The van der Waals surface area contributed by atoms with Crippen LogP contribution in [0.15, 0.2) is 11.6 Å². The van der Waals surface area contributed by atoms with Crippen molar-refractivity contribution < 1.29 is 4.79 Å². The van der Waals surface area contributed by atoms with Crippen LogP contribution in [0.3, 0.4) is 0 Å². The second-order valence-electron chi connectivity index (χ2n) is 5.92. The third kappa shape index (κ3) is 3.92. The van der Waals surface area contributed by atoms with E-state index in [1.807, 2.05) is 0 Å². The van der Waals surface area contributed by atoms with Crippen molar-refractivity contribution in [1.82, 2.24) is 9.80 Å². The van der Waals surface area contributed by atoms with Gasteiger partial charge in [0, 0.05) is 25.4 Å². The second-order valence-corrected chi connectivity index (χ2v) is 5.92. The van der Waals surface area contributed by atoms with E-state index in [0.717, 1.165) is 38.9 Å². The maximum absolute atomic E-state index is 12.1. The van der Waals surface area contributed by atoms with Crippen LogP contribution >= 0.6 is 0 Å². The number of hydrogen-bond acceptors (Lipinski definition) is 3. The Hall–Kier alpha value is -0.670. The van der Waals surface area contributed by atoms with Gasteiger partial charge in [-0.15, -0.1) is 0 Å². The Kier molecular flexibility index (Phi) is 4.95. The first-order chi connectivity index (χ1) is 8.65. The van der Waals surface area contributed by atoms with E-state index in [0.29, 0.717) is 5.78 Å². The summed E-state index contributed by atoms with van der Waals surface area (Å²) in [6.07, 6.45) is 7.64. The Morgan fingerprint density at radius 3 is 2.56 bits per heavy atom. The van der Waals surface area contributed by atoms with Crippen molar-refractivity contribution in [2.24, 2.45) is 5.92 Å². The standard InChI is InChI=1S/C15H26N2O/c1-16-8-3-5-13(7-10-16)11-14-12-17(2)9-4-6-15(14)18/h11,14H,3-10,12H2,1-2H3. The van der Waals surface area contributed by atoms with Gasteiger partial charge in [-0.25, -0.2) is 0 Å². The first-order valence-electron chi connectivity index (χ1n) is 7.24. The number of nitrogens with zero attached hydrogens (tertiary/aromatic N) is 2. The molecule has 18 heavy (non-hydrogen) atoms. The predicted octanol–water partition coefficient (Wildman–Crippen LogP) is 1.94. The van der Waals surface area contributed by atoms with Crippen molar-refractivity contribution in [3.05, 3.63) is 11.6 Å². The summed E-state index contributed by atoms with van der Waals surface area (Å²) >= 11 is 0. The summed E-state index contributed by atoms with van der Waals surface area (Å²) in [7, 11) is 4.32. The third-order valence-electron chi connectivity index (χ3n) is 4.17. The molecule has 2 fully saturated rings. The van der Waals surface area contributed by atoms with E-state index in [4.69, 9.17) is 0 Å². The second kappa shape index (κ2) is 6.48. The van der Waals surface area contributed by atoms with Crippen molar-refractivity contribution in [3.8, 4) is 0 Å². The van der Waals surface area contributed by atoms with Gasteiger partial charge in [-0.3, -0.25) is 4.79 Å². The van der Waals surface area contributed by atoms with E-state index in [2.05, 4.69) is 30.0 Å². The van der Waals surface area contributed by atoms with Gasteiger partial charge in [0.1, 0.15) is 5.78 Å². The van der Waals surface area contributed by atoms with Crippen molar-refractivity contribution in [2.45, 2.75) is 32.1 Å². The fraction of sp³-hybridized carbons (Fsp3) is 0.800. The van der Waals surface area contributed by atoms with Crippen molar-refractivity contribution in [2.75, 3.05) is 40.3 Å². The number of Topliss-reactive ketones (excluding diaryl/α,β-unsaturated/α-hetero) is 1. The molecule has 1 atom stereocenters. The average Bonchev–Trinajstić information content (AvgIpc) is 2.61. The molecule has 2 rings (SSSR count). The van der Waals surface area contributed by atoms with Gasteiger partial charge >= 0.3 is 0 Å². The summed E-state index contributed by atoms with van der Waals surface area (Å²) in [4.78, 5) is 16.8. The van der Waals surface area contributed by atoms with Crippen LogP contribution in [0, 0.1) is 5.92 Å². The highest BCUT2D eigenvalue weighted by Gasteiger charge is 2.22. The zero-order valence-electron chi connectivity index (χ0n) is 11.8. The zero-order chi connectivity index (χ0) is 13.0. The highest BCUT2D eigenvalue weighted by molar-refractivity contribution is 5.83. The van der Waals surface area contributed by atoms with Crippen LogP contribution in [-0.4, -0.2) is 55.9 Å². The minimum Gasteiger partial charge on any atom is -0.306 e. The summed E-state index contributed by atoms with van der Waals surface area (Å²) in [5.74, 6) is 0.598. The first-order valence-corrected chi connectivity index (χ1v) is 7.24. The van der Waals surface area contributed by atoms with Gasteiger partial charge in [0.05, 0.1) is 0 Å². The van der Waals surface area contributed by atoms with Crippen LogP contribution in [0.4, 0.5) is 0 Å². The number of hydrogen-bond donors (Lipinski definition) is 0. The van der Waals surface area contributed by atoms with E-state index < -0.39 is 0 Å². The molecule has 0 radical (unpaired) electrons. The predicted molar refractivity (Wildman–Crippen MR) is 74.7 cm³/mol. The zero-order valence-corrected chi connectivity index (χ0v) is 11.8. The van der Waals surface area contributed by atoms with E-state index in [9.17, 15) is 4.79 Å². The number of carbonyl (C=O) groups excluding carboxylic acids is 1. The summed E-state index contributed by atoms with van der Waals surface area (Å²) in [5.41, 5.74) is 1.51. The Labute approximate surface area is 111 Å². The molecule has 0 aromatic heterocycles. The SMILES string of the molecule is CN1CCCC(=CC2CN(C)CCCC2=O)CC1. The third-order valence-corrected chi connectivity index (χ3v) is 4.17. The van der Waals surface area contributed by atoms with Crippen LogP contribution in [-0.2, 0) is 4.79 Å². The average molecular weight is 250 g/mol. The van der Waals surface area contributed by atoms with Gasteiger partial charge in [0.25, 0.3) is 0 Å². The fourth-order valence-corrected chi connectivity index (χ4v) is 2.98. The molecule has 3 heteroatoms. The molecule has 2 saturated heterocycles. The van der Waals surface area contributed by atoms with E-state index in [-0.39, 0.29) is 5.92 Å². The fourth-order valence-electron chi connectivity index (χ4n) is 2.98. The molecule has 0 amide bonds. The monoisotopic (exact) mass is 250 g/mol. The van der Waals surface area contributed by atoms with Crippen molar-refractivity contribution >= 4 is 5.78 Å². The normalized spacial score (nSPS) is 31.3. The summed E-state index contributed by atoms with van der Waals surface area (Å²) in [6.45, 7) is 4.31. The number of ketones is 1. The topological polar surface area (TPSA) is 23.6 Å². The van der Waals surface area contributed by atoms with Gasteiger partial charge in [-0.1, -0.05) is 11.6 Å². The summed E-state index contributed by atoms with van der Waals surface area (Å²) < 4.78 is 0. The molecule has 1 unspecified atom stereocenters. The minimum absolute atomic E-state index is 0.149. The molecule has 0 aliphatic carbocycles. The van der Waals surface area contributed by atoms with Crippen LogP contribution in [0.25, 0.3) is 0 Å². The molecule has 3 nitrogen and oxygen atoms in total. The molecule has 0 spiro atoms. The molecule has 0 bridgehead atoms. The molecule has 2 aliphatic heterocycles. The molecule has 2 aliphatic rings. The Bertz CT molecular complexity index is 324. The first kappa shape index (κ1) is 13.8. The van der Waals surface area contributed by atoms with Gasteiger partial charge in [0.2, 0.25) is 0 Å². The molecule has 0 aromatic carbocycles. The minimum atomic E-state index is 0.149. The molecule has 0 aromatic rings. The smallest absolute Gasteiger partial charge is 0.141 e. The highest BCUT2D eigenvalue weighted by atomic mass is 16.1. The van der Waals surface area contributed by atoms with E-state index in [1.54, 1.807) is 0 Å². The Morgan fingerprint density at radius 1 is 1.00 bits per heavy atom. The Balaban J connectivity index is 2.02. The van der Waals surface area contributed by atoms with Crippen LogP contribution in [0.5, 0.6) is 0 Å². The molecule has 2 heterocycles. The lowest BCUT2D eigenvalue weighted by atomic mass is 9.96. The summed E-state index contributed by atoms with van der Waals surface area (Å²) in [5, 5.41) is 0. The highest BCUT2D eigenvalue weighted by Crippen LogP contribution is 2.21. The quantitative estimate of drug-likeness (QED) is 0.665. The van der Waals surface area contributed by atoms with Crippen molar-refractivity contribution in [3.63, 3.8) is 0 Å². The molecular weight excluding hydrogens is 224 g/mol. The maximum Gasteiger partial charge on any atom is 0.141 e. The van der Waals surface area contributed by atoms with Crippen LogP contribution in [0.2, 0.25) is 0 Å². The molecular formula is C15H26N2O. The van der Waals surface area contributed by atoms with Crippen LogP contribution < -0.4 is 0 Å². The van der Waals surface area contributed by atoms with Crippen LogP contribution in [0.1, 0.15) is 32.1 Å². The van der Waals surface area contributed by atoms with Gasteiger partial charge in [-0.05, 0) is 52.9 Å².